The number of nitrogens with one attached hydrogen (secondary N) is 1. The molecule has 0 atom stereocenters. The lowest BCUT2D eigenvalue weighted by atomic mass is 10.1. The number of hydrogen-bond acceptors (Lipinski definition) is 5. The first kappa shape index (κ1) is 15.9. The van der Waals surface area contributed by atoms with E-state index in [0.717, 1.165) is 16.5 Å². The molecule has 3 heterocycles. The smallest absolute Gasteiger partial charge is 0.262 e. The maximum absolute atomic E-state index is 14.3. The predicted octanol–water partition coefficient (Wildman–Crippen LogP) is 2.48. The third kappa shape index (κ3) is 2.39. The van der Waals surface area contributed by atoms with Crippen LogP contribution in [0.2, 0.25) is 0 Å². The molecule has 0 fully saturated rings. The maximum Gasteiger partial charge on any atom is 0.262 e. The van der Waals surface area contributed by atoms with Gasteiger partial charge in [-0.2, -0.15) is 0 Å². The van der Waals surface area contributed by atoms with Gasteiger partial charge in [0.25, 0.3) is 5.56 Å². The minimum atomic E-state index is -0.491. The molecule has 0 spiro atoms. The van der Waals surface area contributed by atoms with Crippen molar-refractivity contribution >= 4 is 27.5 Å². The Bertz CT molecular complexity index is 1280. The molecular formula is C20H16FN5O. The van der Waals surface area contributed by atoms with Crippen LogP contribution in [-0.2, 0) is 6.54 Å². The lowest BCUT2D eigenvalue weighted by Gasteiger charge is -2.09. The Morgan fingerprint density at radius 1 is 1.15 bits per heavy atom. The molecule has 5 rings (SSSR count). The van der Waals surface area contributed by atoms with Gasteiger partial charge in [0, 0.05) is 24.0 Å². The Morgan fingerprint density at radius 2 is 2.00 bits per heavy atom. The third-order valence-corrected chi connectivity index (χ3v) is 4.85. The van der Waals surface area contributed by atoms with Crippen LogP contribution in [0.5, 0.6) is 0 Å². The summed E-state index contributed by atoms with van der Waals surface area (Å²) in [6.45, 7) is 1.20. The Labute approximate surface area is 153 Å². The van der Waals surface area contributed by atoms with E-state index in [1.165, 1.54) is 6.07 Å². The van der Waals surface area contributed by atoms with E-state index in [4.69, 9.17) is 10.7 Å². The number of benzene rings is 2. The van der Waals surface area contributed by atoms with Crippen molar-refractivity contribution in [2.24, 2.45) is 5.73 Å². The van der Waals surface area contributed by atoms with E-state index in [1.54, 1.807) is 10.6 Å². The van der Waals surface area contributed by atoms with Crippen molar-refractivity contribution < 1.29 is 4.39 Å². The lowest BCUT2D eigenvalue weighted by molar-refractivity contribution is 0.631. The molecule has 0 aliphatic carbocycles. The molecular weight excluding hydrogens is 345 g/mol. The summed E-state index contributed by atoms with van der Waals surface area (Å²) >= 11 is 0. The first-order valence-electron chi connectivity index (χ1n) is 8.73. The number of fused-ring (bicyclic) bond motifs is 5. The van der Waals surface area contributed by atoms with Gasteiger partial charge < -0.3 is 11.1 Å². The van der Waals surface area contributed by atoms with Crippen LogP contribution in [0, 0.1) is 5.82 Å². The van der Waals surface area contributed by atoms with Crippen LogP contribution in [0.4, 0.5) is 10.1 Å². The van der Waals surface area contributed by atoms with E-state index in [2.05, 4.69) is 10.3 Å². The van der Waals surface area contributed by atoms with E-state index in [0.29, 0.717) is 36.7 Å². The predicted molar refractivity (Wildman–Crippen MR) is 103 cm³/mol. The Kier molecular flexibility index (Phi) is 3.45. The molecule has 4 aromatic rings. The maximum atomic E-state index is 14.3. The Morgan fingerprint density at radius 3 is 2.85 bits per heavy atom. The average Bonchev–Trinajstić information content (AvgIpc) is 3.03. The first-order valence-corrected chi connectivity index (χ1v) is 8.73. The van der Waals surface area contributed by atoms with Crippen molar-refractivity contribution in [3.05, 3.63) is 64.2 Å². The van der Waals surface area contributed by atoms with Gasteiger partial charge in [0.2, 0.25) is 0 Å². The molecule has 0 radical (unpaired) electrons. The van der Waals surface area contributed by atoms with Gasteiger partial charge in [-0.3, -0.25) is 9.36 Å². The molecule has 0 saturated heterocycles. The highest BCUT2D eigenvalue weighted by Gasteiger charge is 2.25. The van der Waals surface area contributed by atoms with Crippen molar-refractivity contribution in [3.63, 3.8) is 0 Å². The van der Waals surface area contributed by atoms with E-state index in [1.807, 2.05) is 30.3 Å². The molecule has 1 aliphatic rings. The fourth-order valence-electron chi connectivity index (χ4n) is 3.56. The zero-order valence-electron chi connectivity index (χ0n) is 14.4. The largest absolute Gasteiger partial charge is 0.381 e. The summed E-state index contributed by atoms with van der Waals surface area (Å²) in [4.78, 5) is 22.3. The summed E-state index contributed by atoms with van der Waals surface area (Å²) in [5, 5.41) is 4.19. The SMILES string of the molecule is NCCNc1cc2nc3n(c(=O)c2cc1F)Cc1cc2ccccc2nc1-3. The molecule has 0 saturated carbocycles. The molecule has 1 aliphatic heterocycles. The molecule has 6 nitrogen and oxygen atoms in total. The molecule has 2 aromatic carbocycles. The van der Waals surface area contributed by atoms with Crippen LogP contribution in [0.1, 0.15) is 5.56 Å². The summed E-state index contributed by atoms with van der Waals surface area (Å²) in [5.41, 5.74) is 8.43. The Hall–Kier alpha value is -3.32. The summed E-state index contributed by atoms with van der Waals surface area (Å²) in [7, 11) is 0. The topological polar surface area (TPSA) is 85.8 Å². The van der Waals surface area contributed by atoms with E-state index in [-0.39, 0.29) is 16.6 Å². The number of para-hydroxylation sites is 1. The number of hydrogen-bond donors (Lipinski definition) is 2. The summed E-state index contributed by atoms with van der Waals surface area (Å²) in [6, 6.07) is 12.6. The molecule has 2 aromatic heterocycles. The summed E-state index contributed by atoms with van der Waals surface area (Å²) < 4.78 is 15.9. The molecule has 27 heavy (non-hydrogen) atoms. The zero-order chi connectivity index (χ0) is 18.5. The van der Waals surface area contributed by atoms with Gasteiger partial charge >= 0.3 is 0 Å². The van der Waals surface area contributed by atoms with E-state index >= 15 is 0 Å². The number of nitrogens with zero attached hydrogens (tertiary/aromatic N) is 3. The molecule has 0 amide bonds. The van der Waals surface area contributed by atoms with Crippen molar-refractivity contribution in [2.75, 3.05) is 18.4 Å². The average molecular weight is 361 g/mol. The van der Waals surface area contributed by atoms with Crippen LogP contribution in [0.25, 0.3) is 33.3 Å². The van der Waals surface area contributed by atoms with Gasteiger partial charge in [-0.1, -0.05) is 18.2 Å². The summed E-state index contributed by atoms with van der Waals surface area (Å²) in [5.74, 6) is 0.0272. The molecule has 0 unspecified atom stereocenters. The van der Waals surface area contributed by atoms with Gasteiger partial charge in [0.1, 0.15) is 11.5 Å². The second-order valence-electron chi connectivity index (χ2n) is 6.58. The normalized spacial score (nSPS) is 12.4. The van der Waals surface area contributed by atoms with Crippen LogP contribution >= 0.6 is 0 Å². The minimum absolute atomic E-state index is 0.256. The van der Waals surface area contributed by atoms with Gasteiger partial charge in [-0.15, -0.1) is 0 Å². The lowest BCUT2D eigenvalue weighted by Crippen LogP contribution is -2.21. The number of aromatic nitrogens is 3. The van der Waals surface area contributed by atoms with Crippen molar-refractivity contribution in [1.29, 1.82) is 0 Å². The van der Waals surface area contributed by atoms with E-state index < -0.39 is 5.82 Å². The monoisotopic (exact) mass is 361 g/mol. The first-order chi connectivity index (χ1) is 13.2. The fraction of sp³-hybridized carbons (Fsp3) is 0.150. The standard InChI is InChI=1S/C20H16FN5O/c21-14-8-13-16(9-17(14)23-6-5-22)25-19-18-12(10-26(19)20(13)27)7-11-3-1-2-4-15(11)24-18/h1-4,7-9,23H,5-6,10,22H2. The second-order valence-corrected chi connectivity index (χ2v) is 6.58. The van der Waals surface area contributed by atoms with Crippen molar-refractivity contribution in [1.82, 2.24) is 14.5 Å². The molecule has 3 N–H and O–H groups in total. The van der Waals surface area contributed by atoms with Gasteiger partial charge in [-0.05, 0) is 24.3 Å². The van der Waals surface area contributed by atoms with Crippen molar-refractivity contribution in [3.8, 4) is 11.5 Å². The Balaban J connectivity index is 1.75. The fourth-order valence-corrected chi connectivity index (χ4v) is 3.56. The number of nitrogens with two attached hydrogens (primary N) is 1. The second kappa shape index (κ2) is 5.85. The van der Waals surface area contributed by atoms with Crippen LogP contribution in [0.3, 0.4) is 0 Å². The van der Waals surface area contributed by atoms with Gasteiger partial charge in [0.15, 0.2) is 5.82 Å². The number of halogens is 1. The van der Waals surface area contributed by atoms with Crippen LogP contribution in [0.15, 0.2) is 47.3 Å². The highest BCUT2D eigenvalue weighted by Crippen LogP contribution is 2.31. The molecule has 7 heteroatoms. The summed E-state index contributed by atoms with van der Waals surface area (Å²) in [6.07, 6.45) is 0. The number of anilines is 1. The molecule has 134 valence electrons. The highest BCUT2D eigenvalue weighted by atomic mass is 19.1. The van der Waals surface area contributed by atoms with Crippen LogP contribution in [-0.4, -0.2) is 27.6 Å². The quantitative estimate of drug-likeness (QED) is 0.516. The van der Waals surface area contributed by atoms with E-state index in [9.17, 15) is 9.18 Å². The minimum Gasteiger partial charge on any atom is -0.381 e. The number of pyridine rings is 1. The van der Waals surface area contributed by atoms with Crippen LogP contribution < -0.4 is 16.6 Å². The highest BCUT2D eigenvalue weighted by molar-refractivity contribution is 5.86. The zero-order valence-corrected chi connectivity index (χ0v) is 14.4. The van der Waals surface area contributed by atoms with Gasteiger partial charge in [-0.25, -0.2) is 14.4 Å². The number of rotatable bonds is 3. The van der Waals surface area contributed by atoms with Crippen molar-refractivity contribution in [2.45, 2.75) is 6.54 Å². The third-order valence-electron chi connectivity index (χ3n) is 4.85. The van der Waals surface area contributed by atoms with Gasteiger partial charge in [0.05, 0.1) is 28.7 Å². The molecule has 0 bridgehead atoms.